The molecule has 3 nitrogen and oxygen atoms in total. The lowest BCUT2D eigenvalue weighted by Crippen LogP contribution is -2.20. The molecular weight excluding hydrogens is 232 g/mol. The van der Waals surface area contributed by atoms with Crippen LogP contribution in [0.5, 0.6) is 0 Å². The van der Waals surface area contributed by atoms with Gasteiger partial charge in [-0.2, -0.15) is 0 Å². The van der Waals surface area contributed by atoms with E-state index in [4.69, 9.17) is 13.9 Å². The molecule has 97 valence electrons. The minimum Gasteiger partial charge on any atom is -0.466 e. The highest BCUT2D eigenvalue weighted by Crippen LogP contribution is 2.19. The van der Waals surface area contributed by atoms with Crippen LogP contribution in [0.3, 0.4) is 0 Å². The molecule has 0 saturated heterocycles. The number of hydrogen-bond acceptors (Lipinski definition) is 3. The maximum Gasteiger partial charge on any atom is 0.217 e. The van der Waals surface area contributed by atoms with Crippen LogP contribution in [-0.2, 0) is 9.47 Å². The fourth-order valence-corrected chi connectivity index (χ4v) is 2.19. The summed E-state index contributed by atoms with van der Waals surface area (Å²) in [6.07, 6.45) is 1.83. The minimum absolute atomic E-state index is 0.346. The van der Waals surface area contributed by atoms with Crippen molar-refractivity contribution in [2.75, 3.05) is 13.2 Å². The van der Waals surface area contributed by atoms with Gasteiger partial charge in [-0.1, -0.05) is 26.4 Å². The van der Waals surface area contributed by atoms with Gasteiger partial charge in [0.25, 0.3) is 0 Å². The van der Waals surface area contributed by atoms with Gasteiger partial charge in [-0.05, 0) is 25.5 Å². The van der Waals surface area contributed by atoms with Gasteiger partial charge in [0.05, 0.1) is 12.0 Å². The molecule has 0 aromatic carbocycles. The van der Waals surface area contributed by atoms with Gasteiger partial charge in [0.1, 0.15) is 8.80 Å². The lowest BCUT2D eigenvalue weighted by molar-refractivity contribution is -0.154. The number of hydrogen-bond donors (Lipinski definition) is 0. The van der Waals surface area contributed by atoms with E-state index in [9.17, 15) is 0 Å². The Morgan fingerprint density at radius 1 is 1.24 bits per heavy atom. The van der Waals surface area contributed by atoms with Gasteiger partial charge in [0.2, 0.25) is 6.29 Å². The maximum absolute atomic E-state index is 5.79. The van der Waals surface area contributed by atoms with Crippen molar-refractivity contribution in [1.29, 1.82) is 0 Å². The summed E-state index contributed by atoms with van der Waals surface area (Å²) >= 11 is 0. The smallest absolute Gasteiger partial charge is 0.217 e. The third kappa shape index (κ3) is 4.65. The van der Waals surface area contributed by atoms with Crippen LogP contribution in [0.4, 0.5) is 0 Å². The third-order valence-electron chi connectivity index (χ3n) is 2.44. The van der Waals surface area contributed by atoms with Crippen molar-refractivity contribution >= 4 is 14.2 Å². The van der Waals surface area contributed by atoms with Crippen molar-refractivity contribution in [3.05, 3.63) is 17.9 Å². The highest BCUT2D eigenvalue weighted by molar-refractivity contribution is 6.69. The highest BCUT2D eigenvalue weighted by atomic mass is 28.3. The summed E-state index contributed by atoms with van der Waals surface area (Å²) in [6, 6.07) is 4.01. The van der Waals surface area contributed by atoms with E-state index in [-0.39, 0.29) is 6.29 Å². The molecule has 0 aliphatic heterocycles. The molecule has 17 heavy (non-hydrogen) atoms. The second-order valence-corrected chi connectivity index (χ2v) is 6.71. The molecule has 0 saturated carbocycles. The SMILES string of the molecule is CCCCOC(OCC)c1ccc([Si](C)C)o1. The Labute approximate surface area is 106 Å². The zero-order valence-corrected chi connectivity index (χ0v) is 12.3. The van der Waals surface area contributed by atoms with Crippen LogP contribution in [0, 0.1) is 0 Å². The molecule has 0 amide bonds. The summed E-state index contributed by atoms with van der Waals surface area (Å²) < 4.78 is 17.0. The quantitative estimate of drug-likeness (QED) is 0.406. The Morgan fingerprint density at radius 2 is 2.00 bits per heavy atom. The molecule has 0 aliphatic rings. The molecular formula is C13H23O3Si. The van der Waals surface area contributed by atoms with Crippen LogP contribution < -0.4 is 5.38 Å². The fraction of sp³-hybridized carbons (Fsp3) is 0.692. The first kappa shape index (κ1) is 14.5. The predicted molar refractivity (Wildman–Crippen MR) is 71.1 cm³/mol. The first-order chi connectivity index (χ1) is 8.19. The first-order valence-electron chi connectivity index (χ1n) is 6.32. The van der Waals surface area contributed by atoms with Gasteiger partial charge in [0, 0.05) is 6.61 Å². The summed E-state index contributed by atoms with van der Waals surface area (Å²) in [5.41, 5.74) is 0. The van der Waals surface area contributed by atoms with Gasteiger partial charge in [-0.15, -0.1) is 0 Å². The highest BCUT2D eigenvalue weighted by Gasteiger charge is 2.17. The van der Waals surface area contributed by atoms with Gasteiger partial charge < -0.3 is 13.9 Å². The van der Waals surface area contributed by atoms with Crippen LogP contribution in [-0.4, -0.2) is 22.0 Å². The summed E-state index contributed by atoms with van der Waals surface area (Å²) in [6.45, 7) is 9.87. The topological polar surface area (TPSA) is 31.6 Å². The minimum atomic E-state index is -0.541. The lowest BCUT2D eigenvalue weighted by Gasteiger charge is -2.15. The van der Waals surface area contributed by atoms with Crippen LogP contribution >= 0.6 is 0 Å². The number of rotatable bonds is 8. The molecule has 0 bridgehead atoms. The molecule has 1 aromatic rings. The molecule has 4 heteroatoms. The normalized spacial score (nSPS) is 13.2. The second kappa shape index (κ2) is 7.69. The largest absolute Gasteiger partial charge is 0.466 e. The van der Waals surface area contributed by atoms with Gasteiger partial charge >= 0.3 is 0 Å². The molecule has 1 atom stereocenters. The Balaban J connectivity index is 2.60. The summed E-state index contributed by atoms with van der Waals surface area (Å²) in [5.74, 6) is 0.796. The molecule has 1 rings (SSSR count). The van der Waals surface area contributed by atoms with Crippen molar-refractivity contribution in [2.24, 2.45) is 0 Å². The Morgan fingerprint density at radius 3 is 2.53 bits per heavy atom. The van der Waals surface area contributed by atoms with Crippen LogP contribution in [0.25, 0.3) is 0 Å². The molecule has 1 heterocycles. The molecule has 1 aromatic heterocycles. The Bertz CT molecular complexity index is 309. The third-order valence-corrected chi connectivity index (χ3v) is 3.69. The van der Waals surface area contributed by atoms with E-state index in [0.717, 1.165) is 24.0 Å². The number of unbranched alkanes of at least 4 members (excludes halogenated alkanes) is 1. The van der Waals surface area contributed by atoms with E-state index in [1.54, 1.807) is 0 Å². The number of ether oxygens (including phenoxy) is 2. The van der Waals surface area contributed by atoms with Crippen molar-refractivity contribution in [3.8, 4) is 0 Å². The average molecular weight is 255 g/mol. The monoisotopic (exact) mass is 255 g/mol. The van der Waals surface area contributed by atoms with Crippen LogP contribution in [0.15, 0.2) is 16.5 Å². The van der Waals surface area contributed by atoms with Crippen LogP contribution in [0.2, 0.25) is 13.1 Å². The lowest BCUT2D eigenvalue weighted by atomic mass is 10.3. The first-order valence-corrected chi connectivity index (χ1v) is 8.82. The molecule has 0 spiro atoms. The van der Waals surface area contributed by atoms with Crippen LogP contribution in [0.1, 0.15) is 38.7 Å². The van der Waals surface area contributed by atoms with Gasteiger partial charge in [-0.25, -0.2) is 0 Å². The summed E-state index contributed by atoms with van der Waals surface area (Å²) in [5, 5.41) is 1.08. The summed E-state index contributed by atoms with van der Waals surface area (Å²) in [4.78, 5) is 0. The fourth-order valence-electron chi connectivity index (χ4n) is 1.45. The predicted octanol–water partition coefficient (Wildman–Crippen LogP) is 3.09. The van der Waals surface area contributed by atoms with E-state index in [0.29, 0.717) is 13.2 Å². The standard InChI is InChI=1S/C13H23O3Si/c1-5-7-10-15-13(14-6-2)11-8-9-12(16-11)17(3)4/h8-9,13H,5-7,10H2,1-4H3. The molecule has 0 aliphatic carbocycles. The Kier molecular flexibility index (Phi) is 6.55. The number of furan rings is 1. The van der Waals surface area contributed by atoms with E-state index in [2.05, 4.69) is 20.0 Å². The van der Waals surface area contributed by atoms with Crippen molar-refractivity contribution in [1.82, 2.24) is 0 Å². The molecule has 1 unspecified atom stereocenters. The van der Waals surface area contributed by atoms with Gasteiger partial charge in [-0.3, -0.25) is 0 Å². The van der Waals surface area contributed by atoms with E-state index >= 15 is 0 Å². The van der Waals surface area contributed by atoms with E-state index in [1.807, 2.05) is 19.1 Å². The van der Waals surface area contributed by atoms with Crippen molar-refractivity contribution in [2.45, 2.75) is 46.1 Å². The van der Waals surface area contributed by atoms with Crippen molar-refractivity contribution in [3.63, 3.8) is 0 Å². The van der Waals surface area contributed by atoms with Gasteiger partial charge in [0.15, 0.2) is 5.76 Å². The zero-order chi connectivity index (χ0) is 12.7. The zero-order valence-electron chi connectivity index (χ0n) is 11.3. The Hall–Kier alpha value is -0.583. The average Bonchev–Trinajstić information content (AvgIpc) is 2.77. The maximum atomic E-state index is 5.79. The molecule has 0 fully saturated rings. The molecule has 0 N–H and O–H groups in total. The second-order valence-electron chi connectivity index (χ2n) is 4.21. The summed E-state index contributed by atoms with van der Waals surface area (Å²) in [7, 11) is -0.541. The van der Waals surface area contributed by atoms with E-state index in [1.165, 1.54) is 0 Å². The van der Waals surface area contributed by atoms with Crippen molar-refractivity contribution < 1.29 is 13.9 Å². The van der Waals surface area contributed by atoms with E-state index < -0.39 is 8.80 Å². The molecule has 1 radical (unpaired) electrons.